The first kappa shape index (κ1) is 30.2. The second-order valence-electron chi connectivity index (χ2n) is 9.95. The Hall–Kier alpha value is -3.33. The molecule has 0 aliphatic carbocycles. The van der Waals surface area contributed by atoms with Crippen LogP contribution in [0.1, 0.15) is 82.5 Å². The number of allylic oxidation sites excluding steroid dienone is 4. The van der Waals surface area contributed by atoms with E-state index in [1.165, 1.54) is 6.08 Å². The number of aliphatic imine (C=N–C) groups is 1. The fraction of sp³-hybridized carbons (Fsp3) is 0.533. The van der Waals surface area contributed by atoms with E-state index in [4.69, 9.17) is 9.73 Å². The lowest BCUT2D eigenvalue weighted by Crippen LogP contribution is -2.39. The summed E-state index contributed by atoms with van der Waals surface area (Å²) < 4.78 is 20.4. The molecule has 212 valence electrons. The maximum Gasteiger partial charge on any atom is 0.305 e. The summed E-state index contributed by atoms with van der Waals surface area (Å²) in [5, 5.41) is 12.4. The number of dihydropyridines is 1. The van der Waals surface area contributed by atoms with Crippen molar-refractivity contribution < 1.29 is 23.8 Å². The summed E-state index contributed by atoms with van der Waals surface area (Å²) in [6, 6.07) is 1.51. The first-order valence-corrected chi connectivity index (χ1v) is 13.8. The van der Waals surface area contributed by atoms with Crippen LogP contribution in [0.5, 0.6) is 0 Å². The average Bonchev–Trinajstić information content (AvgIpc) is 3.30. The van der Waals surface area contributed by atoms with E-state index in [0.29, 0.717) is 41.9 Å². The number of hydrogen-bond acceptors (Lipinski definition) is 6. The number of nitrogens with one attached hydrogen (secondary N) is 1. The fourth-order valence-electron chi connectivity index (χ4n) is 5.09. The Balaban J connectivity index is 2.11. The average molecular weight is 542 g/mol. The summed E-state index contributed by atoms with van der Waals surface area (Å²) in [4.78, 5) is 42.6. The summed E-state index contributed by atoms with van der Waals surface area (Å²) in [5.74, 6) is -0.875. The van der Waals surface area contributed by atoms with E-state index in [2.05, 4.69) is 11.9 Å². The van der Waals surface area contributed by atoms with Crippen LogP contribution in [-0.2, 0) is 33.9 Å². The predicted octanol–water partition coefficient (Wildman–Crippen LogP) is 4.22. The number of esters is 1. The Morgan fingerprint density at radius 3 is 2.72 bits per heavy atom. The van der Waals surface area contributed by atoms with Crippen molar-refractivity contribution in [1.29, 1.82) is 0 Å². The van der Waals surface area contributed by atoms with Gasteiger partial charge in [-0.05, 0) is 55.4 Å². The molecule has 0 saturated heterocycles. The van der Waals surface area contributed by atoms with E-state index in [1.807, 2.05) is 19.9 Å². The van der Waals surface area contributed by atoms with Gasteiger partial charge in [0.1, 0.15) is 19.9 Å². The van der Waals surface area contributed by atoms with Crippen LogP contribution >= 0.6 is 0 Å². The van der Waals surface area contributed by atoms with E-state index in [9.17, 15) is 23.9 Å². The Bertz CT molecular complexity index is 1260. The van der Waals surface area contributed by atoms with Crippen LogP contribution in [0, 0.1) is 0 Å². The number of carbonyl (C=O) groups is 2. The zero-order valence-corrected chi connectivity index (χ0v) is 23.3. The van der Waals surface area contributed by atoms with Crippen molar-refractivity contribution in [3.05, 3.63) is 68.3 Å². The number of aliphatic hydroxyl groups excluding tert-OH is 1. The third kappa shape index (κ3) is 7.20. The Kier molecular flexibility index (Phi) is 11.0. The molecule has 0 fully saturated rings. The summed E-state index contributed by atoms with van der Waals surface area (Å²) in [6.45, 7) is 8.66. The number of aromatic nitrogens is 1. The number of rotatable bonds is 14. The minimum atomic E-state index is -0.686. The molecule has 0 bridgehead atoms. The van der Waals surface area contributed by atoms with Gasteiger partial charge >= 0.3 is 5.97 Å². The van der Waals surface area contributed by atoms with Crippen molar-refractivity contribution in [3.8, 4) is 0 Å². The van der Waals surface area contributed by atoms with E-state index < -0.39 is 25.2 Å². The minimum Gasteiger partial charge on any atom is -0.461 e. The predicted molar refractivity (Wildman–Crippen MR) is 149 cm³/mol. The third-order valence-corrected chi connectivity index (χ3v) is 7.27. The van der Waals surface area contributed by atoms with Crippen LogP contribution in [0.15, 0.2) is 50.9 Å². The van der Waals surface area contributed by atoms with Crippen LogP contribution in [-0.4, -0.2) is 46.6 Å². The van der Waals surface area contributed by atoms with Gasteiger partial charge in [-0.2, -0.15) is 0 Å². The fourth-order valence-corrected chi connectivity index (χ4v) is 5.09. The molecule has 1 amide bonds. The van der Waals surface area contributed by atoms with Gasteiger partial charge in [-0.25, -0.2) is 4.39 Å². The van der Waals surface area contributed by atoms with Gasteiger partial charge in [0, 0.05) is 24.1 Å². The van der Waals surface area contributed by atoms with Gasteiger partial charge in [-0.15, -0.1) is 0 Å². The van der Waals surface area contributed by atoms with Crippen molar-refractivity contribution in [2.45, 2.75) is 91.3 Å². The Morgan fingerprint density at radius 1 is 1.31 bits per heavy atom. The molecule has 8 nitrogen and oxygen atoms in total. The van der Waals surface area contributed by atoms with Gasteiger partial charge < -0.3 is 19.7 Å². The quantitative estimate of drug-likeness (QED) is 0.271. The molecular formula is C30H40FN3O5. The number of pyridine rings is 1. The first-order chi connectivity index (χ1) is 18.8. The van der Waals surface area contributed by atoms with Crippen molar-refractivity contribution >= 4 is 17.6 Å². The molecule has 1 atom stereocenters. The number of fused-ring (bicyclic) bond motifs is 3. The highest BCUT2D eigenvalue weighted by atomic mass is 19.1. The highest BCUT2D eigenvalue weighted by Crippen LogP contribution is 2.35. The van der Waals surface area contributed by atoms with Gasteiger partial charge in [0.05, 0.1) is 29.6 Å². The Morgan fingerprint density at radius 2 is 2.08 bits per heavy atom. The summed E-state index contributed by atoms with van der Waals surface area (Å²) >= 11 is 0. The zero-order valence-electron chi connectivity index (χ0n) is 23.3. The highest BCUT2D eigenvalue weighted by molar-refractivity contribution is 6.15. The molecule has 2 N–H and O–H groups in total. The number of alkyl halides is 1. The van der Waals surface area contributed by atoms with Crippen LogP contribution in [0.4, 0.5) is 4.39 Å². The number of halogens is 1. The maximum absolute atomic E-state index is 13.7. The number of carbonyl (C=O) groups excluding carboxylic acids is 2. The topological polar surface area (TPSA) is 110 Å². The summed E-state index contributed by atoms with van der Waals surface area (Å²) in [5.41, 5.74) is 5.58. The van der Waals surface area contributed by atoms with Gasteiger partial charge in [0.25, 0.3) is 5.56 Å². The molecule has 2 aliphatic heterocycles. The lowest BCUT2D eigenvalue weighted by molar-refractivity contribution is -0.144. The second-order valence-corrected chi connectivity index (χ2v) is 9.95. The molecule has 0 radical (unpaired) electrons. The third-order valence-electron chi connectivity index (χ3n) is 7.27. The largest absolute Gasteiger partial charge is 0.461 e. The van der Waals surface area contributed by atoms with E-state index in [1.54, 1.807) is 11.5 Å². The normalized spacial score (nSPS) is 16.0. The van der Waals surface area contributed by atoms with Crippen molar-refractivity contribution in [2.75, 3.05) is 13.3 Å². The van der Waals surface area contributed by atoms with E-state index in [0.717, 1.165) is 48.0 Å². The molecule has 9 heteroatoms. The second kappa shape index (κ2) is 14.2. The molecule has 1 aromatic heterocycles. The van der Waals surface area contributed by atoms with Crippen molar-refractivity contribution in [3.63, 3.8) is 0 Å². The molecule has 0 unspecified atom stereocenters. The molecule has 1 aromatic rings. The van der Waals surface area contributed by atoms with Gasteiger partial charge in [-0.1, -0.05) is 39.3 Å². The number of amides is 1. The molecular weight excluding hydrogens is 501 g/mol. The summed E-state index contributed by atoms with van der Waals surface area (Å²) in [7, 11) is 0. The first-order valence-electron chi connectivity index (χ1n) is 13.8. The van der Waals surface area contributed by atoms with Crippen LogP contribution in [0.3, 0.4) is 0 Å². The lowest BCUT2D eigenvalue weighted by atomic mass is 9.87. The van der Waals surface area contributed by atoms with Crippen molar-refractivity contribution in [1.82, 2.24) is 9.88 Å². The maximum atomic E-state index is 13.7. The van der Waals surface area contributed by atoms with Crippen LogP contribution < -0.4 is 10.9 Å². The number of aryl methyl sites for hydroxylation is 1. The molecule has 2 aliphatic rings. The summed E-state index contributed by atoms with van der Waals surface area (Å²) in [6.07, 6.45) is 6.44. The molecule has 3 heterocycles. The van der Waals surface area contributed by atoms with Gasteiger partial charge in [-0.3, -0.25) is 19.4 Å². The molecule has 39 heavy (non-hydrogen) atoms. The SMILES string of the molecule is C=C(CC)CCC[C@H](NC(=O)CO)C1=C2Cn3c(cc(CCC)c(COC(=O)CC)c3=O)C2=N/C(=C/CF)C1. The van der Waals surface area contributed by atoms with Crippen LogP contribution in [0.2, 0.25) is 0 Å². The lowest BCUT2D eigenvalue weighted by Gasteiger charge is -2.27. The van der Waals surface area contributed by atoms with Gasteiger partial charge in [0.2, 0.25) is 5.91 Å². The number of aliphatic hydroxyl groups is 1. The van der Waals surface area contributed by atoms with Crippen molar-refractivity contribution in [2.24, 2.45) is 4.99 Å². The monoisotopic (exact) mass is 541 g/mol. The molecule has 3 rings (SSSR count). The molecule has 0 aromatic carbocycles. The van der Waals surface area contributed by atoms with E-state index >= 15 is 0 Å². The molecule has 0 saturated carbocycles. The van der Waals surface area contributed by atoms with Gasteiger partial charge in [0.15, 0.2) is 0 Å². The van der Waals surface area contributed by atoms with E-state index in [-0.39, 0.29) is 31.1 Å². The number of hydrogen-bond donors (Lipinski definition) is 2. The Labute approximate surface area is 229 Å². The smallest absolute Gasteiger partial charge is 0.305 e. The number of nitrogens with zero attached hydrogens (tertiary/aromatic N) is 2. The number of ether oxygens (including phenoxy) is 1. The van der Waals surface area contributed by atoms with Crippen LogP contribution in [0.25, 0.3) is 0 Å². The standard InChI is InChI=1S/C30H40FN3O5/c1-5-9-20-14-26-29-23(16-34(26)30(38)24(20)18-39-28(37)7-3)22(15-21(32-29)12-13-31)25(33-27(36)17-35)11-8-10-19(4)6-2/h12,14,25,35H,4-11,13,15-18H2,1-3H3,(H,33,36)/b21-12+/t25-/m0/s1. The minimum absolute atomic E-state index is 0.0942. The highest BCUT2D eigenvalue weighted by Gasteiger charge is 2.34. The zero-order chi connectivity index (χ0) is 28.5. The molecule has 0 spiro atoms.